The van der Waals surface area contributed by atoms with Crippen LogP contribution in [0.4, 0.5) is 5.69 Å². The molecule has 2 N–H and O–H groups in total. The van der Waals surface area contributed by atoms with Crippen molar-refractivity contribution in [2.24, 2.45) is 0 Å². The fraction of sp³-hybridized carbons (Fsp3) is 0.455. The summed E-state index contributed by atoms with van der Waals surface area (Å²) in [5.74, 6) is 0. The summed E-state index contributed by atoms with van der Waals surface area (Å²) in [5, 5.41) is 20.4. The predicted molar refractivity (Wildman–Crippen MR) is 74.3 cm³/mol. The smallest absolute Gasteiger partial charge is 0.275 e. The van der Waals surface area contributed by atoms with Crippen molar-refractivity contribution in [2.75, 3.05) is 6.54 Å². The Morgan fingerprint density at radius 2 is 2.00 bits per heavy atom. The van der Waals surface area contributed by atoms with Crippen LogP contribution in [0.15, 0.2) is 17.0 Å². The van der Waals surface area contributed by atoms with Crippen LogP contribution >= 0.6 is 11.6 Å². The number of nitrogens with zero attached hydrogens (tertiary/aromatic N) is 1. The van der Waals surface area contributed by atoms with E-state index in [1.807, 2.05) is 0 Å². The number of sulfonamides is 1. The van der Waals surface area contributed by atoms with Crippen LogP contribution in [0.2, 0.25) is 5.02 Å². The quantitative estimate of drug-likeness (QED) is 0.632. The first kappa shape index (κ1) is 16.8. The van der Waals surface area contributed by atoms with Crippen LogP contribution in [-0.2, 0) is 10.0 Å². The van der Waals surface area contributed by atoms with Crippen molar-refractivity contribution in [3.05, 3.63) is 32.8 Å². The summed E-state index contributed by atoms with van der Waals surface area (Å²) in [6.45, 7) is 4.07. The minimum atomic E-state index is -3.99. The van der Waals surface area contributed by atoms with E-state index in [9.17, 15) is 23.6 Å². The average molecular weight is 323 g/mol. The molecule has 0 saturated heterocycles. The molecule has 20 heavy (non-hydrogen) atoms. The maximum Gasteiger partial charge on any atom is 0.275 e. The van der Waals surface area contributed by atoms with E-state index >= 15 is 0 Å². The molecular weight excluding hydrogens is 308 g/mol. The van der Waals surface area contributed by atoms with Gasteiger partial charge in [-0.3, -0.25) is 10.1 Å². The third kappa shape index (κ3) is 4.14. The van der Waals surface area contributed by atoms with E-state index in [0.29, 0.717) is 0 Å². The highest BCUT2D eigenvalue weighted by molar-refractivity contribution is 7.89. The molecule has 1 aromatic rings. The molecule has 0 saturated carbocycles. The number of hydrogen-bond acceptors (Lipinski definition) is 5. The largest absolute Gasteiger partial charge is 0.389 e. The number of rotatable bonds is 5. The lowest BCUT2D eigenvalue weighted by Crippen LogP contribution is -2.38. The molecular formula is C11H15ClN2O5S. The van der Waals surface area contributed by atoms with Gasteiger partial charge in [0, 0.05) is 18.2 Å². The van der Waals surface area contributed by atoms with Crippen LogP contribution in [0.3, 0.4) is 0 Å². The second-order valence-corrected chi connectivity index (χ2v) is 7.12. The highest BCUT2D eigenvalue weighted by Crippen LogP contribution is 2.29. The van der Waals surface area contributed by atoms with Gasteiger partial charge in [-0.1, -0.05) is 11.6 Å². The number of hydrogen-bond donors (Lipinski definition) is 2. The Hall–Kier alpha value is -1.22. The Morgan fingerprint density at radius 1 is 1.45 bits per heavy atom. The van der Waals surface area contributed by atoms with Gasteiger partial charge in [-0.25, -0.2) is 13.1 Å². The maximum absolute atomic E-state index is 12.0. The van der Waals surface area contributed by atoms with Crippen molar-refractivity contribution in [3.63, 3.8) is 0 Å². The summed E-state index contributed by atoms with van der Waals surface area (Å²) in [7, 11) is -3.99. The van der Waals surface area contributed by atoms with Crippen molar-refractivity contribution in [3.8, 4) is 0 Å². The molecule has 0 aliphatic rings. The van der Waals surface area contributed by atoms with Crippen molar-refractivity contribution in [1.82, 2.24) is 4.72 Å². The van der Waals surface area contributed by atoms with E-state index in [0.717, 1.165) is 12.1 Å². The van der Waals surface area contributed by atoms with Gasteiger partial charge in [-0.2, -0.15) is 0 Å². The van der Waals surface area contributed by atoms with E-state index in [1.165, 1.54) is 20.8 Å². The van der Waals surface area contributed by atoms with Crippen molar-refractivity contribution >= 4 is 27.3 Å². The first-order valence-electron chi connectivity index (χ1n) is 5.60. The lowest BCUT2D eigenvalue weighted by Gasteiger charge is -2.17. The van der Waals surface area contributed by atoms with Gasteiger partial charge in [0.2, 0.25) is 10.0 Å². The summed E-state index contributed by atoms with van der Waals surface area (Å²) < 4.78 is 26.2. The second kappa shape index (κ2) is 5.65. The predicted octanol–water partition coefficient (Wildman–Crippen LogP) is 1.61. The molecule has 0 atom stereocenters. The Morgan fingerprint density at radius 3 is 2.45 bits per heavy atom. The normalized spacial score (nSPS) is 12.4. The Balaban J connectivity index is 3.23. The number of benzene rings is 1. The number of aliphatic hydroxyl groups is 1. The third-order valence-electron chi connectivity index (χ3n) is 2.49. The molecule has 0 amide bonds. The van der Waals surface area contributed by atoms with Gasteiger partial charge in [0.05, 0.1) is 20.4 Å². The van der Waals surface area contributed by atoms with Crippen molar-refractivity contribution in [2.45, 2.75) is 31.3 Å². The molecule has 1 rings (SSSR count). The van der Waals surface area contributed by atoms with Gasteiger partial charge in [0.25, 0.3) is 5.69 Å². The molecule has 0 fully saturated rings. The monoisotopic (exact) mass is 322 g/mol. The number of nitro benzene ring substituents is 1. The molecule has 0 radical (unpaired) electrons. The average Bonchev–Trinajstić information content (AvgIpc) is 2.28. The topological polar surface area (TPSA) is 110 Å². The molecule has 9 heteroatoms. The number of nitro groups is 1. The lowest BCUT2D eigenvalue weighted by atomic mass is 10.1. The van der Waals surface area contributed by atoms with Gasteiger partial charge in [0.15, 0.2) is 0 Å². The summed E-state index contributed by atoms with van der Waals surface area (Å²) in [4.78, 5) is 9.85. The third-order valence-corrected chi connectivity index (χ3v) is 4.27. The van der Waals surface area contributed by atoms with Crippen LogP contribution in [0.1, 0.15) is 19.4 Å². The van der Waals surface area contributed by atoms with Crippen LogP contribution in [-0.4, -0.2) is 30.6 Å². The highest BCUT2D eigenvalue weighted by atomic mass is 35.5. The SMILES string of the molecule is Cc1c(Cl)cc(S(=O)(=O)NCC(C)(C)O)cc1[N+](=O)[O-]. The number of halogens is 1. The van der Waals surface area contributed by atoms with Gasteiger partial charge < -0.3 is 5.11 Å². The summed E-state index contributed by atoms with van der Waals surface area (Å²) in [6, 6.07) is 2.07. The first-order chi connectivity index (χ1) is 8.94. The number of nitrogens with one attached hydrogen (secondary N) is 1. The van der Waals surface area contributed by atoms with Gasteiger partial charge >= 0.3 is 0 Å². The summed E-state index contributed by atoms with van der Waals surface area (Å²) in [6.07, 6.45) is 0. The van der Waals surface area contributed by atoms with Crippen LogP contribution in [0.25, 0.3) is 0 Å². The summed E-state index contributed by atoms with van der Waals surface area (Å²) in [5.41, 5.74) is -1.42. The maximum atomic E-state index is 12.0. The zero-order valence-electron chi connectivity index (χ0n) is 11.2. The molecule has 0 spiro atoms. The minimum Gasteiger partial charge on any atom is -0.389 e. The zero-order chi connectivity index (χ0) is 15.7. The second-order valence-electron chi connectivity index (χ2n) is 4.94. The van der Waals surface area contributed by atoms with Crippen LogP contribution in [0.5, 0.6) is 0 Å². The molecule has 0 unspecified atom stereocenters. The van der Waals surface area contributed by atoms with Crippen LogP contribution < -0.4 is 4.72 Å². The molecule has 1 aromatic carbocycles. The highest BCUT2D eigenvalue weighted by Gasteiger charge is 2.24. The Labute approximate surface area is 121 Å². The van der Waals surface area contributed by atoms with Gasteiger partial charge in [-0.15, -0.1) is 0 Å². The van der Waals surface area contributed by atoms with E-state index < -0.39 is 20.5 Å². The van der Waals surface area contributed by atoms with E-state index in [2.05, 4.69) is 4.72 Å². The van der Waals surface area contributed by atoms with Crippen molar-refractivity contribution in [1.29, 1.82) is 0 Å². The standard InChI is InChI=1S/C11H15ClN2O5S/c1-7-9(12)4-8(5-10(7)14(16)17)20(18,19)13-6-11(2,3)15/h4-5,13,15H,6H2,1-3H3. The van der Waals surface area contributed by atoms with E-state index in [1.54, 1.807) is 0 Å². The first-order valence-corrected chi connectivity index (χ1v) is 7.47. The molecule has 0 bridgehead atoms. The molecule has 7 nitrogen and oxygen atoms in total. The zero-order valence-corrected chi connectivity index (χ0v) is 12.7. The van der Waals surface area contributed by atoms with Crippen molar-refractivity contribution < 1.29 is 18.4 Å². The van der Waals surface area contributed by atoms with E-state index in [-0.39, 0.29) is 27.7 Å². The summed E-state index contributed by atoms with van der Waals surface area (Å²) >= 11 is 5.81. The molecule has 112 valence electrons. The molecule has 0 aliphatic carbocycles. The fourth-order valence-corrected chi connectivity index (χ4v) is 2.87. The van der Waals surface area contributed by atoms with Gasteiger partial charge in [0.1, 0.15) is 0 Å². The molecule has 0 heterocycles. The van der Waals surface area contributed by atoms with Gasteiger partial charge in [-0.05, 0) is 26.8 Å². The van der Waals surface area contributed by atoms with E-state index in [4.69, 9.17) is 11.6 Å². The fourth-order valence-electron chi connectivity index (χ4n) is 1.34. The molecule has 0 aliphatic heterocycles. The van der Waals surface area contributed by atoms with Crippen LogP contribution in [0, 0.1) is 17.0 Å². The Bertz CT molecular complexity index is 637. The minimum absolute atomic E-state index is 0.0113. The lowest BCUT2D eigenvalue weighted by molar-refractivity contribution is -0.385. The Kier molecular flexibility index (Phi) is 4.75. The molecule has 0 aromatic heterocycles.